The largest absolute Gasteiger partial charge is 0.356 e. The molecule has 0 aromatic carbocycles. The fourth-order valence-corrected chi connectivity index (χ4v) is 3.11. The van der Waals surface area contributed by atoms with E-state index in [1.807, 2.05) is 0 Å². The monoisotopic (exact) mass is 250 g/mol. The van der Waals surface area contributed by atoms with Crippen LogP contribution in [0.25, 0.3) is 0 Å². The van der Waals surface area contributed by atoms with E-state index in [1.54, 1.807) is 0 Å². The van der Waals surface area contributed by atoms with Crippen molar-refractivity contribution in [2.24, 2.45) is 5.41 Å². The molecule has 2 heterocycles. The number of hydrogen-bond acceptors (Lipinski definition) is 2. The second kappa shape index (κ2) is 5.87. The molecule has 3 heteroatoms. The van der Waals surface area contributed by atoms with Gasteiger partial charge in [-0.25, -0.2) is 0 Å². The van der Waals surface area contributed by atoms with Gasteiger partial charge in [0.1, 0.15) is 0 Å². The van der Waals surface area contributed by atoms with Crippen LogP contribution in [-0.4, -0.2) is 37.0 Å². The van der Waals surface area contributed by atoms with Gasteiger partial charge >= 0.3 is 0 Å². The molecule has 1 amide bonds. The zero-order valence-corrected chi connectivity index (χ0v) is 11.8. The Labute approximate surface area is 111 Å². The summed E-state index contributed by atoms with van der Waals surface area (Å²) in [6, 6.07) is 0. The van der Waals surface area contributed by atoms with Gasteiger partial charge in [0.25, 0.3) is 0 Å². The average molecular weight is 250 g/mol. The number of allylic oxidation sites excluding steroid dienone is 1. The predicted octanol–water partition coefficient (Wildman–Crippen LogP) is 2.33. The summed E-state index contributed by atoms with van der Waals surface area (Å²) in [7, 11) is 0. The van der Waals surface area contributed by atoms with Crippen LogP contribution in [0.3, 0.4) is 0 Å². The Morgan fingerprint density at radius 1 is 1.50 bits per heavy atom. The van der Waals surface area contributed by atoms with E-state index < -0.39 is 0 Å². The Morgan fingerprint density at radius 2 is 2.33 bits per heavy atom. The number of amides is 1. The van der Waals surface area contributed by atoms with E-state index in [0.29, 0.717) is 5.91 Å². The number of rotatable bonds is 4. The lowest BCUT2D eigenvalue weighted by molar-refractivity contribution is -0.132. The molecule has 3 nitrogen and oxygen atoms in total. The molecule has 1 atom stereocenters. The van der Waals surface area contributed by atoms with Crippen molar-refractivity contribution in [2.45, 2.75) is 46.0 Å². The van der Waals surface area contributed by atoms with Crippen molar-refractivity contribution >= 4 is 5.91 Å². The second-order valence-corrected chi connectivity index (χ2v) is 5.86. The molecule has 0 bridgehead atoms. The Balaban J connectivity index is 1.82. The van der Waals surface area contributed by atoms with Crippen LogP contribution < -0.4 is 5.32 Å². The molecule has 1 unspecified atom stereocenters. The zero-order valence-electron chi connectivity index (χ0n) is 11.8. The minimum atomic E-state index is -0.0538. The summed E-state index contributed by atoms with van der Waals surface area (Å²) >= 11 is 0. The molecular weight excluding hydrogens is 224 g/mol. The number of nitrogens with one attached hydrogen (secondary N) is 1. The van der Waals surface area contributed by atoms with Gasteiger partial charge in [-0.1, -0.05) is 18.6 Å². The molecule has 2 saturated heterocycles. The first-order valence-electron chi connectivity index (χ1n) is 7.32. The van der Waals surface area contributed by atoms with Gasteiger partial charge in [0.05, 0.1) is 5.41 Å². The number of carbonyl (C=O) groups excluding carboxylic acids is 1. The van der Waals surface area contributed by atoms with Crippen molar-refractivity contribution in [3.05, 3.63) is 11.6 Å². The molecular formula is C15H26N2O. The molecule has 2 rings (SSSR count). The van der Waals surface area contributed by atoms with Gasteiger partial charge in [0.2, 0.25) is 5.91 Å². The minimum Gasteiger partial charge on any atom is -0.356 e. The lowest BCUT2D eigenvalue weighted by Gasteiger charge is -2.32. The minimum absolute atomic E-state index is 0.0538. The highest BCUT2D eigenvalue weighted by atomic mass is 16.2. The summed E-state index contributed by atoms with van der Waals surface area (Å²) in [6.07, 6.45) is 7.89. The van der Waals surface area contributed by atoms with Gasteiger partial charge in [-0.15, -0.1) is 0 Å². The molecule has 0 radical (unpaired) electrons. The van der Waals surface area contributed by atoms with Gasteiger partial charge in [-0.2, -0.15) is 0 Å². The van der Waals surface area contributed by atoms with E-state index in [1.165, 1.54) is 5.57 Å². The van der Waals surface area contributed by atoms with Crippen molar-refractivity contribution in [1.29, 1.82) is 0 Å². The maximum absolute atomic E-state index is 12.0. The van der Waals surface area contributed by atoms with Crippen molar-refractivity contribution < 1.29 is 4.79 Å². The average Bonchev–Trinajstić information content (AvgIpc) is 2.78. The smallest absolute Gasteiger partial charge is 0.227 e. The summed E-state index contributed by atoms with van der Waals surface area (Å²) in [5.41, 5.74) is 1.42. The first-order chi connectivity index (χ1) is 8.66. The van der Waals surface area contributed by atoms with Crippen LogP contribution in [0, 0.1) is 5.41 Å². The quantitative estimate of drug-likeness (QED) is 0.777. The third-order valence-corrected chi connectivity index (χ3v) is 4.53. The number of carbonyl (C=O) groups is 1. The zero-order chi connectivity index (χ0) is 13.0. The third-order valence-electron chi connectivity index (χ3n) is 4.53. The van der Waals surface area contributed by atoms with Gasteiger partial charge in [-0.3, -0.25) is 4.79 Å². The van der Waals surface area contributed by atoms with Crippen LogP contribution in [0.2, 0.25) is 0 Å². The molecule has 0 saturated carbocycles. The van der Waals surface area contributed by atoms with Crippen LogP contribution in [0.1, 0.15) is 46.0 Å². The first kappa shape index (κ1) is 13.6. The van der Waals surface area contributed by atoms with Crippen LogP contribution in [0.5, 0.6) is 0 Å². The van der Waals surface area contributed by atoms with Gasteiger partial charge in [0, 0.05) is 19.6 Å². The van der Waals surface area contributed by atoms with E-state index in [4.69, 9.17) is 0 Å². The Hall–Kier alpha value is -0.830. The Bertz CT molecular complexity index is 337. The summed E-state index contributed by atoms with van der Waals surface area (Å²) < 4.78 is 0. The van der Waals surface area contributed by atoms with Crippen LogP contribution in [0.15, 0.2) is 11.6 Å². The van der Waals surface area contributed by atoms with E-state index in [2.05, 4.69) is 30.1 Å². The highest BCUT2D eigenvalue weighted by molar-refractivity contribution is 5.83. The molecule has 2 fully saturated rings. The second-order valence-electron chi connectivity index (χ2n) is 5.86. The maximum Gasteiger partial charge on any atom is 0.227 e. The SMILES string of the molecule is CCC(C)=CCCN1CCC2(CCCNC2=O)C1. The lowest BCUT2D eigenvalue weighted by Crippen LogP contribution is -2.47. The van der Waals surface area contributed by atoms with E-state index in [-0.39, 0.29) is 5.41 Å². The van der Waals surface area contributed by atoms with Gasteiger partial charge in [-0.05, 0) is 45.6 Å². The Morgan fingerprint density at radius 3 is 3.06 bits per heavy atom. The number of nitrogens with zero attached hydrogens (tertiary/aromatic N) is 1. The number of hydrogen-bond donors (Lipinski definition) is 1. The summed E-state index contributed by atoms with van der Waals surface area (Å²) in [6.45, 7) is 8.43. The molecule has 0 aromatic heterocycles. The van der Waals surface area contributed by atoms with Gasteiger partial charge in [0.15, 0.2) is 0 Å². The van der Waals surface area contributed by atoms with Gasteiger partial charge < -0.3 is 10.2 Å². The standard InChI is InChI=1S/C15H26N2O/c1-3-13(2)6-4-10-17-11-8-15(12-17)7-5-9-16-14(15)18/h6H,3-5,7-12H2,1-2H3,(H,16,18). The van der Waals surface area contributed by atoms with Crippen molar-refractivity contribution in [1.82, 2.24) is 10.2 Å². The normalized spacial score (nSPS) is 29.9. The highest BCUT2D eigenvalue weighted by Crippen LogP contribution is 2.37. The molecule has 0 aromatic rings. The molecule has 1 N–H and O–H groups in total. The maximum atomic E-state index is 12.0. The number of likely N-dealkylation sites (tertiary alicyclic amines) is 1. The fraction of sp³-hybridized carbons (Fsp3) is 0.800. The summed E-state index contributed by atoms with van der Waals surface area (Å²) in [5, 5.41) is 3.04. The van der Waals surface area contributed by atoms with E-state index in [9.17, 15) is 4.79 Å². The molecule has 2 aliphatic heterocycles. The van der Waals surface area contributed by atoms with E-state index >= 15 is 0 Å². The molecule has 2 aliphatic rings. The molecule has 1 spiro atoms. The fourth-order valence-electron chi connectivity index (χ4n) is 3.11. The van der Waals surface area contributed by atoms with Crippen LogP contribution >= 0.6 is 0 Å². The molecule has 0 aliphatic carbocycles. The highest BCUT2D eigenvalue weighted by Gasteiger charge is 2.45. The number of piperidine rings is 1. The summed E-state index contributed by atoms with van der Waals surface area (Å²) in [4.78, 5) is 14.5. The van der Waals surface area contributed by atoms with Crippen molar-refractivity contribution in [3.63, 3.8) is 0 Å². The molecule has 102 valence electrons. The first-order valence-corrected chi connectivity index (χ1v) is 7.32. The van der Waals surface area contributed by atoms with Crippen molar-refractivity contribution in [3.8, 4) is 0 Å². The van der Waals surface area contributed by atoms with Crippen molar-refractivity contribution in [2.75, 3.05) is 26.2 Å². The van der Waals surface area contributed by atoms with Crippen LogP contribution in [-0.2, 0) is 4.79 Å². The lowest BCUT2D eigenvalue weighted by atomic mass is 9.79. The Kier molecular flexibility index (Phi) is 4.44. The molecule has 18 heavy (non-hydrogen) atoms. The third kappa shape index (κ3) is 2.94. The van der Waals surface area contributed by atoms with Crippen LogP contribution in [0.4, 0.5) is 0 Å². The topological polar surface area (TPSA) is 32.3 Å². The predicted molar refractivity (Wildman–Crippen MR) is 74.4 cm³/mol. The summed E-state index contributed by atoms with van der Waals surface area (Å²) in [5.74, 6) is 0.302. The van der Waals surface area contributed by atoms with E-state index in [0.717, 1.165) is 58.3 Å².